The van der Waals surface area contributed by atoms with Gasteiger partial charge in [-0.1, -0.05) is 24.3 Å². The van der Waals surface area contributed by atoms with Crippen molar-refractivity contribution in [3.8, 4) is 0 Å². The summed E-state index contributed by atoms with van der Waals surface area (Å²) >= 11 is 0. The predicted octanol–water partition coefficient (Wildman–Crippen LogP) is 3.29. The zero-order chi connectivity index (χ0) is 17.1. The molecule has 2 N–H and O–H groups in total. The third kappa shape index (κ3) is 1.88. The number of amides is 1. The smallest absolute Gasteiger partial charge is 0.357 e. The first kappa shape index (κ1) is 14.2. The number of carboxylic acids is 1. The number of aromatic nitrogens is 2. The van der Waals surface area contributed by atoms with E-state index in [4.69, 9.17) is 0 Å². The molecule has 0 radical (unpaired) electrons. The van der Waals surface area contributed by atoms with Crippen molar-refractivity contribution in [3.05, 3.63) is 64.8 Å². The number of aromatic carboxylic acids is 1. The van der Waals surface area contributed by atoms with Crippen LogP contribution < -0.4 is 0 Å². The van der Waals surface area contributed by atoms with Crippen molar-refractivity contribution in [2.24, 2.45) is 0 Å². The molecule has 0 aliphatic carbocycles. The van der Waals surface area contributed by atoms with Crippen LogP contribution in [0.25, 0.3) is 10.9 Å². The summed E-state index contributed by atoms with van der Waals surface area (Å²) in [5.41, 5.74) is 3.53. The highest BCUT2D eigenvalue weighted by Gasteiger charge is 2.46. The first-order chi connectivity index (χ1) is 12.1. The van der Waals surface area contributed by atoms with E-state index in [2.05, 4.69) is 22.3 Å². The molecule has 2 aliphatic heterocycles. The minimum absolute atomic E-state index is 0.0526. The lowest BCUT2D eigenvalue weighted by Crippen LogP contribution is -2.27. The second-order valence-electron chi connectivity index (χ2n) is 6.59. The molecule has 5 rings (SSSR count). The van der Waals surface area contributed by atoms with Crippen molar-refractivity contribution in [1.29, 1.82) is 0 Å². The largest absolute Gasteiger partial charge is 0.476 e. The Morgan fingerprint density at radius 1 is 1.08 bits per heavy atom. The van der Waals surface area contributed by atoms with E-state index in [1.54, 1.807) is 18.2 Å². The average Bonchev–Trinajstić information content (AvgIpc) is 3.32. The Hall–Kier alpha value is -3.15. The molecular weight excluding hydrogens is 318 g/mol. The number of H-pyrrole nitrogens is 1. The second kappa shape index (κ2) is 4.92. The van der Waals surface area contributed by atoms with Gasteiger partial charge in [-0.15, -0.1) is 0 Å². The molecule has 6 nitrogen and oxygen atoms in total. The first-order valence-corrected chi connectivity index (χ1v) is 8.28. The average molecular weight is 333 g/mol. The number of nitrogens with zero attached hydrogens (tertiary/aromatic N) is 2. The summed E-state index contributed by atoms with van der Waals surface area (Å²) in [6.45, 7) is 0. The summed E-state index contributed by atoms with van der Waals surface area (Å²) in [6.07, 6.45) is 1.95. The molecule has 2 aromatic carbocycles. The molecule has 6 heteroatoms. The molecule has 1 saturated heterocycles. The van der Waals surface area contributed by atoms with E-state index in [1.807, 2.05) is 17.0 Å². The Morgan fingerprint density at radius 2 is 1.76 bits per heavy atom. The van der Waals surface area contributed by atoms with Crippen LogP contribution in [0.1, 0.15) is 56.9 Å². The summed E-state index contributed by atoms with van der Waals surface area (Å²) in [6, 6.07) is 13.5. The van der Waals surface area contributed by atoms with Crippen molar-refractivity contribution in [2.75, 3.05) is 0 Å². The Labute approximate surface area is 143 Å². The highest BCUT2D eigenvalue weighted by molar-refractivity contribution is 6.05. The molecule has 3 heterocycles. The Bertz CT molecular complexity index is 1010. The van der Waals surface area contributed by atoms with Crippen LogP contribution in [0.5, 0.6) is 0 Å². The van der Waals surface area contributed by atoms with Gasteiger partial charge in [0.05, 0.1) is 17.6 Å². The number of carbonyl (C=O) groups is 2. The lowest BCUT2D eigenvalue weighted by molar-refractivity contribution is 0.0683. The van der Waals surface area contributed by atoms with Crippen molar-refractivity contribution in [3.63, 3.8) is 0 Å². The first-order valence-electron chi connectivity index (χ1n) is 8.28. The minimum atomic E-state index is -1.11. The summed E-state index contributed by atoms with van der Waals surface area (Å²) < 4.78 is 0. The van der Waals surface area contributed by atoms with E-state index in [9.17, 15) is 14.7 Å². The number of hydrogen-bond acceptors (Lipinski definition) is 3. The Kier molecular flexibility index (Phi) is 2.80. The number of fused-ring (bicyclic) bond motifs is 6. The van der Waals surface area contributed by atoms with Crippen molar-refractivity contribution in [1.82, 2.24) is 15.1 Å². The molecule has 2 atom stereocenters. The molecule has 2 bridgehead atoms. The molecular formula is C19H15N3O3. The van der Waals surface area contributed by atoms with E-state index < -0.39 is 5.97 Å². The van der Waals surface area contributed by atoms with Gasteiger partial charge in [-0.3, -0.25) is 9.89 Å². The van der Waals surface area contributed by atoms with Crippen LogP contribution in [0.4, 0.5) is 0 Å². The van der Waals surface area contributed by atoms with Gasteiger partial charge in [0.15, 0.2) is 5.69 Å². The third-order valence-corrected chi connectivity index (χ3v) is 5.35. The standard InChI is InChI=1S/C19H15N3O3/c23-18(10-5-6-14-13(9-10)17(19(24)25)21-20-14)22-15-7-8-16(22)12-4-2-1-3-11(12)15/h1-6,9,15-16H,7-8H2,(H,20,21)(H,24,25). The number of carbonyl (C=O) groups excluding carboxylic acids is 1. The molecule has 2 unspecified atom stereocenters. The Balaban J connectivity index is 1.57. The van der Waals surface area contributed by atoms with Crippen LogP contribution in [0, 0.1) is 0 Å². The van der Waals surface area contributed by atoms with E-state index in [1.165, 1.54) is 11.1 Å². The fraction of sp³-hybridized carbons (Fsp3) is 0.211. The van der Waals surface area contributed by atoms with Crippen LogP contribution in [0.15, 0.2) is 42.5 Å². The molecule has 124 valence electrons. The monoisotopic (exact) mass is 333 g/mol. The maximum absolute atomic E-state index is 13.2. The van der Waals surface area contributed by atoms with Crippen LogP contribution in [0.2, 0.25) is 0 Å². The number of carboxylic acid groups (broad SMARTS) is 1. The van der Waals surface area contributed by atoms with Gasteiger partial charge in [0, 0.05) is 10.9 Å². The normalized spacial score (nSPS) is 20.9. The zero-order valence-electron chi connectivity index (χ0n) is 13.3. The van der Waals surface area contributed by atoms with Gasteiger partial charge in [0.25, 0.3) is 5.91 Å². The minimum Gasteiger partial charge on any atom is -0.476 e. The second-order valence-corrected chi connectivity index (χ2v) is 6.59. The lowest BCUT2D eigenvalue weighted by Gasteiger charge is -2.22. The molecule has 0 spiro atoms. The maximum atomic E-state index is 13.2. The Morgan fingerprint density at radius 3 is 2.40 bits per heavy atom. The van der Waals surface area contributed by atoms with Crippen LogP contribution in [-0.4, -0.2) is 32.1 Å². The van der Waals surface area contributed by atoms with Crippen LogP contribution in [-0.2, 0) is 0 Å². The maximum Gasteiger partial charge on any atom is 0.357 e. The molecule has 3 aromatic rings. The number of hydrogen-bond donors (Lipinski definition) is 2. The number of nitrogens with one attached hydrogen (secondary N) is 1. The van der Waals surface area contributed by atoms with Crippen molar-refractivity contribution >= 4 is 22.8 Å². The van der Waals surface area contributed by atoms with Gasteiger partial charge in [-0.05, 0) is 42.2 Å². The van der Waals surface area contributed by atoms with Gasteiger partial charge in [-0.2, -0.15) is 5.10 Å². The molecule has 1 amide bonds. The van der Waals surface area contributed by atoms with Gasteiger partial charge in [0.1, 0.15) is 0 Å². The topological polar surface area (TPSA) is 86.3 Å². The zero-order valence-corrected chi connectivity index (χ0v) is 13.3. The summed E-state index contributed by atoms with van der Waals surface area (Å²) in [7, 11) is 0. The highest BCUT2D eigenvalue weighted by atomic mass is 16.4. The van der Waals surface area contributed by atoms with E-state index in [0.717, 1.165) is 12.8 Å². The SMILES string of the molecule is O=C(O)c1n[nH]c2ccc(C(=O)N3C4CCC3c3ccccc34)cc12. The predicted molar refractivity (Wildman–Crippen MR) is 90.4 cm³/mol. The number of benzene rings is 2. The van der Waals surface area contributed by atoms with Crippen molar-refractivity contribution in [2.45, 2.75) is 24.9 Å². The third-order valence-electron chi connectivity index (χ3n) is 5.35. The summed E-state index contributed by atoms with van der Waals surface area (Å²) in [4.78, 5) is 26.4. The van der Waals surface area contributed by atoms with Gasteiger partial charge in [-0.25, -0.2) is 4.79 Å². The van der Waals surface area contributed by atoms with E-state index in [-0.39, 0.29) is 23.7 Å². The van der Waals surface area contributed by atoms with Gasteiger partial charge in [0.2, 0.25) is 0 Å². The fourth-order valence-corrected chi connectivity index (χ4v) is 4.28. The summed E-state index contributed by atoms with van der Waals surface area (Å²) in [5.74, 6) is -1.16. The quantitative estimate of drug-likeness (QED) is 0.753. The van der Waals surface area contributed by atoms with Gasteiger partial charge < -0.3 is 10.0 Å². The number of rotatable bonds is 2. The highest BCUT2D eigenvalue weighted by Crippen LogP contribution is 2.53. The number of aromatic amines is 1. The molecule has 25 heavy (non-hydrogen) atoms. The van der Waals surface area contributed by atoms with Crippen LogP contribution in [0.3, 0.4) is 0 Å². The lowest BCUT2D eigenvalue weighted by atomic mass is 9.92. The molecule has 2 aliphatic rings. The van der Waals surface area contributed by atoms with Gasteiger partial charge >= 0.3 is 5.97 Å². The van der Waals surface area contributed by atoms with Crippen molar-refractivity contribution < 1.29 is 14.7 Å². The molecule has 1 fully saturated rings. The molecule has 1 aromatic heterocycles. The van der Waals surface area contributed by atoms with Crippen LogP contribution >= 0.6 is 0 Å². The van der Waals surface area contributed by atoms with E-state index >= 15 is 0 Å². The molecule has 0 saturated carbocycles. The fourth-order valence-electron chi connectivity index (χ4n) is 4.28. The van der Waals surface area contributed by atoms with E-state index in [0.29, 0.717) is 16.5 Å². The summed E-state index contributed by atoms with van der Waals surface area (Å²) in [5, 5.41) is 16.2.